The van der Waals surface area contributed by atoms with Crippen molar-refractivity contribution in [3.8, 4) is 11.5 Å². The molecule has 9 heteroatoms. The lowest BCUT2D eigenvalue weighted by Crippen LogP contribution is -2.56. The summed E-state index contributed by atoms with van der Waals surface area (Å²) < 4.78 is 12.6. The number of hydrogen-bond donors (Lipinski definition) is 3. The van der Waals surface area contributed by atoms with Gasteiger partial charge in [0.2, 0.25) is 5.91 Å². The molecule has 8 nitrogen and oxygen atoms in total. The molecule has 0 aromatic heterocycles. The third-order valence-corrected chi connectivity index (χ3v) is 6.59. The van der Waals surface area contributed by atoms with Crippen LogP contribution in [0.1, 0.15) is 18.1 Å². The van der Waals surface area contributed by atoms with E-state index in [1.807, 2.05) is 55.5 Å². The number of aliphatic hydroxyl groups excluding tert-OH is 1. The number of benzene rings is 3. The SMILES string of the molecule is COc1ccc2cc(Br)ccc2c1CN1C(=O)C(NC(=O)C(N)C(C)O)COc2cc(C)ccc21. The number of methoxy groups -OCH3 is 1. The summed E-state index contributed by atoms with van der Waals surface area (Å²) in [6.45, 7) is 3.48. The van der Waals surface area contributed by atoms with Gasteiger partial charge in [-0.15, -0.1) is 0 Å². The number of ether oxygens (including phenoxy) is 2. The molecule has 4 N–H and O–H groups in total. The number of halogens is 1. The Labute approximate surface area is 212 Å². The van der Waals surface area contributed by atoms with Gasteiger partial charge in [-0.3, -0.25) is 9.59 Å². The van der Waals surface area contributed by atoms with Gasteiger partial charge in [0.05, 0.1) is 25.4 Å². The standard InChI is InChI=1S/C26H28BrN3O5/c1-14-4-8-21-23(10-14)35-13-20(29-25(32)24(28)15(2)31)26(33)30(21)12-19-18-7-6-17(27)11-16(18)5-9-22(19)34-3/h4-11,15,20,24,31H,12-13,28H2,1-3H3,(H,29,32). The number of nitrogens with one attached hydrogen (secondary N) is 1. The van der Waals surface area contributed by atoms with Crippen molar-refractivity contribution in [2.45, 2.75) is 38.6 Å². The summed E-state index contributed by atoms with van der Waals surface area (Å²) in [4.78, 5) is 28.0. The average molecular weight is 542 g/mol. The minimum Gasteiger partial charge on any atom is -0.496 e. The van der Waals surface area contributed by atoms with E-state index in [1.54, 1.807) is 12.0 Å². The maximum atomic E-state index is 13.8. The summed E-state index contributed by atoms with van der Waals surface area (Å²) >= 11 is 3.51. The molecule has 0 saturated carbocycles. The fraction of sp³-hybridized carbons (Fsp3) is 0.308. The zero-order valence-electron chi connectivity index (χ0n) is 19.7. The first-order chi connectivity index (χ1) is 16.7. The van der Waals surface area contributed by atoms with Gasteiger partial charge in [-0.1, -0.05) is 34.1 Å². The van der Waals surface area contributed by atoms with Crippen molar-refractivity contribution in [3.63, 3.8) is 0 Å². The highest BCUT2D eigenvalue weighted by molar-refractivity contribution is 9.10. The van der Waals surface area contributed by atoms with E-state index in [1.165, 1.54) is 6.92 Å². The predicted molar refractivity (Wildman–Crippen MR) is 138 cm³/mol. The molecule has 0 aliphatic carbocycles. The molecule has 0 radical (unpaired) electrons. The first-order valence-electron chi connectivity index (χ1n) is 11.2. The van der Waals surface area contributed by atoms with E-state index >= 15 is 0 Å². The van der Waals surface area contributed by atoms with Gasteiger partial charge in [0.25, 0.3) is 5.91 Å². The molecule has 1 aliphatic rings. The maximum Gasteiger partial charge on any atom is 0.253 e. The Morgan fingerprint density at radius 3 is 2.77 bits per heavy atom. The normalized spacial score (nSPS) is 17.3. The molecule has 4 rings (SSSR count). The number of aliphatic hydroxyl groups is 1. The molecule has 1 aliphatic heterocycles. The van der Waals surface area contributed by atoms with Gasteiger partial charge in [-0.05, 0) is 60.5 Å². The number of nitrogens with zero attached hydrogens (tertiary/aromatic N) is 1. The van der Waals surface area contributed by atoms with E-state index in [0.29, 0.717) is 17.2 Å². The number of nitrogens with two attached hydrogens (primary N) is 1. The molecule has 1 heterocycles. The molecule has 3 aromatic carbocycles. The van der Waals surface area contributed by atoms with Gasteiger partial charge in [0.1, 0.15) is 30.2 Å². The minimum absolute atomic E-state index is 0.0658. The molecule has 0 fully saturated rings. The first kappa shape index (κ1) is 25.0. The lowest BCUT2D eigenvalue weighted by atomic mass is 10.0. The van der Waals surface area contributed by atoms with E-state index in [9.17, 15) is 14.7 Å². The quantitative estimate of drug-likeness (QED) is 0.442. The topological polar surface area (TPSA) is 114 Å². The second kappa shape index (κ2) is 10.2. The van der Waals surface area contributed by atoms with Crippen molar-refractivity contribution in [2.75, 3.05) is 18.6 Å². The Morgan fingerprint density at radius 2 is 2.06 bits per heavy atom. The van der Waals surface area contributed by atoms with Crippen LogP contribution in [-0.2, 0) is 16.1 Å². The summed E-state index contributed by atoms with van der Waals surface area (Å²) in [6.07, 6.45) is -1.06. The zero-order valence-corrected chi connectivity index (χ0v) is 21.3. The molecule has 184 valence electrons. The summed E-state index contributed by atoms with van der Waals surface area (Å²) in [5.74, 6) is 0.201. The molecule has 3 unspecified atom stereocenters. The van der Waals surface area contributed by atoms with Crippen LogP contribution < -0.4 is 25.4 Å². The lowest BCUT2D eigenvalue weighted by molar-refractivity contribution is -0.130. The number of hydrogen-bond acceptors (Lipinski definition) is 6. The van der Waals surface area contributed by atoms with E-state index < -0.39 is 24.1 Å². The van der Waals surface area contributed by atoms with E-state index in [0.717, 1.165) is 26.4 Å². The number of anilines is 1. The molecule has 2 amide bonds. The number of rotatable bonds is 6. The first-order valence-corrected chi connectivity index (χ1v) is 12.0. The highest BCUT2D eigenvalue weighted by atomic mass is 79.9. The highest BCUT2D eigenvalue weighted by Crippen LogP contribution is 2.37. The van der Waals surface area contributed by atoms with E-state index in [4.69, 9.17) is 15.2 Å². The lowest BCUT2D eigenvalue weighted by Gasteiger charge is -2.27. The van der Waals surface area contributed by atoms with Crippen molar-refractivity contribution >= 4 is 44.2 Å². The van der Waals surface area contributed by atoms with Gasteiger partial charge in [0.15, 0.2) is 0 Å². The van der Waals surface area contributed by atoms with Gasteiger partial charge in [-0.25, -0.2) is 0 Å². The van der Waals surface area contributed by atoms with E-state index in [-0.39, 0.29) is 19.1 Å². The minimum atomic E-state index is -1.17. The molecular formula is C26H28BrN3O5. The summed E-state index contributed by atoms with van der Waals surface area (Å²) in [7, 11) is 1.59. The van der Waals surface area contributed by atoms with Crippen molar-refractivity contribution < 1.29 is 24.2 Å². The van der Waals surface area contributed by atoms with Crippen LogP contribution in [0.5, 0.6) is 11.5 Å². The van der Waals surface area contributed by atoms with Gasteiger partial charge >= 0.3 is 0 Å². The smallest absolute Gasteiger partial charge is 0.253 e. The molecule has 3 aromatic rings. The Morgan fingerprint density at radius 1 is 1.29 bits per heavy atom. The van der Waals surface area contributed by atoms with Crippen molar-refractivity contribution in [1.82, 2.24) is 5.32 Å². The predicted octanol–water partition coefficient (Wildman–Crippen LogP) is 3.04. The van der Waals surface area contributed by atoms with Crippen LogP contribution in [-0.4, -0.2) is 48.8 Å². The zero-order chi connectivity index (χ0) is 25.3. The molecule has 0 saturated heterocycles. The number of amides is 2. The Bertz CT molecular complexity index is 1280. The Hall–Kier alpha value is -3.14. The number of aryl methyl sites for hydroxylation is 1. The second-order valence-electron chi connectivity index (χ2n) is 8.65. The molecule has 3 atom stereocenters. The van der Waals surface area contributed by atoms with Crippen molar-refractivity contribution in [1.29, 1.82) is 0 Å². The summed E-state index contributed by atoms with van der Waals surface area (Å²) in [6, 6.07) is 13.2. The van der Waals surface area contributed by atoms with Crippen molar-refractivity contribution in [2.24, 2.45) is 5.73 Å². The fourth-order valence-corrected chi connectivity index (χ4v) is 4.50. The molecule has 0 bridgehead atoms. The van der Waals surface area contributed by atoms with Gasteiger partial charge < -0.3 is 30.5 Å². The highest BCUT2D eigenvalue weighted by Gasteiger charge is 2.35. The monoisotopic (exact) mass is 541 g/mol. The van der Waals surface area contributed by atoms with E-state index in [2.05, 4.69) is 21.2 Å². The third kappa shape index (κ3) is 5.12. The van der Waals surface area contributed by atoms with Crippen LogP contribution in [0.15, 0.2) is 53.0 Å². The van der Waals surface area contributed by atoms with Crippen LogP contribution in [0.2, 0.25) is 0 Å². The molecular weight excluding hydrogens is 514 g/mol. The van der Waals surface area contributed by atoms with Crippen LogP contribution in [0, 0.1) is 6.92 Å². The van der Waals surface area contributed by atoms with Gasteiger partial charge in [-0.2, -0.15) is 0 Å². The largest absolute Gasteiger partial charge is 0.496 e. The van der Waals surface area contributed by atoms with Gasteiger partial charge in [0, 0.05) is 10.0 Å². The molecule has 0 spiro atoms. The summed E-state index contributed by atoms with van der Waals surface area (Å²) in [5.41, 5.74) is 8.18. The second-order valence-corrected chi connectivity index (χ2v) is 9.56. The Kier molecular flexibility index (Phi) is 7.30. The number of carbonyl (C=O) groups is 2. The van der Waals surface area contributed by atoms with Crippen LogP contribution >= 0.6 is 15.9 Å². The summed E-state index contributed by atoms with van der Waals surface area (Å²) in [5, 5.41) is 14.3. The fourth-order valence-electron chi connectivity index (χ4n) is 4.12. The van der Waals surface area contributed by atoms with Crippen LogP contribution in [0.25, 0.3) is 10.8 Å². The average Bonchev–Trinajstić information content (AvgIpc) is 2.95. The molecule has 35 heavy (non-hydrogen) atoms. The number of fused-ring (bicyclic) bond motifs is 2. The maximum absolute atomic E-state index is 13.8. The van der Waals surface area contributed by atoms with Crippen LogP contribution in [0.4, 0.5) is 5.69 Å². The Balaban J connectivity index is 1.78. The number of carbonyl (C=O) groups excluding carboxylic acids is 2. The third-order valence-electron chi connectivity index (χ3n) is 6.10. The van der Waals surface area contributed by atoms with Crippen molar-refractivity contribution in [3.05, 3.63) is 64.1 Å². The van der Waals surface area contributed by atoms with Crippen LogP contribution in [0.3, 0.4) is 0 Å².